The van der Waals surface area contributed by atoms with Crippen molar-refractivity contribution in [3.05, 3.63) is 30.1 Å². The molecule has 26 heavy (non-hydrogen) atoms. The Morgan fingerprint density at radius 3 is 2.85 bits per heavy atom. The van der Waals surface area contributed by atoms with Crippen molar-refractivity contribution in [2.24, 2.45) is 0 Å². The van der Waals surface area contributed by atoms with Crippen molar-refractivity contribution in [2.45, 2.75) is 31.7 Å². The summed E-state index contributed by atoms with van der Waals surface area (Å²) in [6.07, 6.45) is 2.25. The molecule has 0 amide bonds. The Labute approximate surface area is 152 Å². The minimum atomic E-state index is -0.730. The SMILES string of the molecule is COc1ccc(-c2nccc([C@@H]3COB(O)C3)n2)c2c1OC(C)(C)CO2. The molecule has 0 unspecified atom stereocenters. The first-order chi connectivity index (χ1) is 12.5. The number of fused-ring (bicyclic) bond motifs is 1. The lowest BCUT2D eigenvalue weighted by Gasteiger charge is -2.34. The topological polar surface area (TPSA) is 82.9 Å². The molecule has 1 aromatic carbocycles. The van der Waals surface area contributed by atoms with E-state index in [1.165, 1.54) is 0 Å². The number of nitrogens with zero attached hydrogens (tertiary/aromatic N) is 2. The van der Waals surface area contributed by atoms with Crippen molar-refractivity contribution in [1.29, 1.82) is 0 Å². The first-order valence-electron chi connectivity index (χ1n) is 8.62. The third-order valence-corrected chi connectivity index (χ3v) is 4.55. The zero-order valence-electron chi connectivity index (χ0n) is 15.1. The monoisotopic (exact) mass is 356 g/mol. The lowest BCUT2D eigenvalue weighted by atomic mass is 9.81. The van der Waals surface area contributed by atoms with Crippen molar-refractivity contribution in [3.8, 4) is 28.6 Å². The first kappa shape index (κ1) is 17.1. The van der Waals surface area contributed by atoms with Gasteiger partial charge in [0.25, 0.3) is 0 Å². The van der Waals surface area contributed by atoms with Gasteiger partial charge < -0.3 is 23.9 Å². The molecule has 0 aliphatic carbocycles. The molecule has 1 atom stereocenters. The van der Waals surface area contributed by atoms with Crippen LogP contribution in [-0.2, 0) is 4.65 Å². The number of benzene rings is 1. The van der Waals surface area contributed by atoms with Gasteiger partial charge in [0.1, 0.15) is 12.2 Å². The second kappa shape index (κ2) is 6.44. The molecule has 1 N–H and O–H groups in total. The zero-order valence-corrected chi connectivity index (χ0v) is 15.1. The molecule has 2 aliphatic rings. The van der Waals surface area contributed by atoms with Gasteiger partial charge in [-0.1, -0.05) is 0 Å². The lowest BCUT2D eigenvalue weighted by Crippen LogP contribution is -2.39. The van der Waals surface area contributed by atoms with E-state index in [9.17, 15) is 5.02 Å². The highest BCUT2D eigenvalue weighted by Crippen LogP contribution is 2.47. The molecule has 1 fully saturated rings. The number of ether oxygens (including phenoxy) is 3. The fourth-order valence-electron chi connectivity index (χ4n) is 3.22. The molecule has 136 valence electrons. The Bertz CT molecular complexity index is 829. The molecule has 2 aromatic rings. The fraction of sp³-hybridized carbons (Fsp3) is 0.444. The van der Waals surface area contributed by atoms with Gasteiger partial charge in [-0.05, 0) is 38.4 Å². The van der Waals surface area contributed by atoms with Crippen LogP contribution in [0.2, 0.25) is 6.32 Å². The minimum absolute atomic E-state index is 0.0527. The molecule has 1 saturated heterocycles. The van der Waals surface area contributed by atoms with Crippen LogP contribution in [0.15, 0.2) is 24.4 Å². The van der Waals surface area contributed by atoms with Crippen LogP contribution in [0.3, 0.4) is 0 Å². The number of rotatable bonds is 3. The third kappa shape index (κ3) is 3.10. The summed E-state index contributed by atoms with van der Waals surface area (Å²) in [5.41, 5.74) is 1.14. The number of hydrogen-bond donors (Lipinski definition) is 1. The van der Waals surface area contributed by atoms with Crippen LogP contribution in [0.25, 0.3) is 11.4 Å². The van der Waals surface area contributed by atoms with Gasteiger partial charge in [0.05, 0.1) is 12.7 Å². The van der Waals surface area contributed by atoms with Crippen LogP contribution < -0.4 is 14.2 Å². The predicted octanol–water partition coefficient (Wildman–Crippen LogP) is 2.30. The molecule has 2 aliphatic heterocycles. The van der Waals surface area contributed by atoms with Crippen LogP contribution in [-0.4, -0.2) is 48.0 Å². The first-order valence-corrected chi connectivity index (χ1v) is 8.62. The van der Waals surface area contributed by atoms with Crippen LogP contribution in [0, 0.1) is 0 Å². The normalized spacial score (nSPS) is 20.9. The summed E-state index contributed by atoms with van der Waals surface area (Å²) >= 11 is 0. The molecule has 4 rings (SSSR count). The van der Waals surface area contributed by atoms with E-state index in [1.807, 2.05) is 32.0 Å². The molecule has 0 saturated carbocycles. The highest BCUT2D eigenvalue weighted by molar-refractivity contribution is 6.43. The number of aromatic nitrogens is 2. The molecular weight excluding hydrogens is 335 g/mol. The van der Waals surface area contributed by atoms with Gasteiger partial charge >= 0.3 is 7.12 Å². The standard InChI is InChI=1S/C18H21BN2O5/c1-18(2)10-24-15-12(4-5-14(23-3)16(15)26-18)17-20-7-6-13(21-17)11-8-19(22)25-9-11/h4-7,11,22H,8-10H2,1-3H3/t11-/m0/s1. The summed E-state index contributed by atoms with van der Waals surface area (Å²) in [6.45, 7) is 4.80. The van der Waals surface area contributed by atoms with E-state index in [-0.39, 0.29) is 5.92 Å². The minimum Gasteiger partial charge on any atom is -0.493 e. The summed E-state index contributed by atoms with van der Waals surface area (Å²) in [7, 11) is 0.870. The van der Waals surface area contributed by atoms with Gasteiger partial charge in [-0.15, -0.1) is 0 Å². The van der Waals surface area contributed by atoms with Crippen LogP contribution in [0.5, 0.6) is 17.2 Å². The zero-order chi connectivity index (χ0) is 18.3. The molecule has 8 heteroatoms. The van der Waals surface area contributed by atoms with Gasteiger partial charge in [-0.3, -0.25) is 0 Å². The maximum atomic E-state index is 9.60. The maximum absolute atomic E-state index is 9.60. The summed E-state index contributed by atoms with van der Waals surface area (Å²) in [6, 6.07) is 5.56. The average molecular weight is 356 g/mol. The van der Waals surface area contributed by atoms with E-state index in [0.29, 0.717) is 42.6 Å². The molecule has 1 aromatic heterocycles. The summed E-state index contributed by atoms with van der Waals surface area (Å²) in [4.78, 5) is 9.09. The van der Waals surface area contributed by atoms with E-state index in [0.717, 1.165) is 11.3 Å². The Hall–Kier alpha value is -2.32. The molecule has 0 bridgehead atoms. The Kier molecular flexibility index (Phi) is 4.24. The highest BCUT2D eigenvalue weighted by atomic mass is 16.6. The molecular formula is C18H21BN2O5. The van der Waals surface area contributed by atoms with Crippen molar-refractivity contribution in [2.75, 3.05) is 20.3 Å². The van der Waals surface area contributed by atoms with Gasteiger partial charge in [0, 0.05) is 24.4 Å². The second-order valence-corrected chi connectivity index (χ2v) is 7.15. The smallest absolute Gasteiger partial charge is 0.454 e. The van der Waals surface area contributed by atoms with Crippen LogP contribution in [0.1, 0.15) is 25.5 Å². The number of methoxy groups -OCH3 is 1. The van der Waals surface area contributed by atoms with E-state index >= 15 is 0 Å². The predicted molar refractivity (Wildman–Crippen MR) is 95.7 cm³/mol. The van der Waals surface area contributed by atoms with E-state index in [1.54, 1.807) is 13.3 Å². The van der Waals surface area contributed by atoms with Gasteiger partial charge in [0.2, 0.25) is 5.75 Å². The third-order valence-electron chi connectivity index (χ3n) is 4.55. The van der Waals surface area contributed by atoms with Gasteiger partial charge in [-0.25, -0.2) is 9.97 Å². The molecule has 0 spiro atoms. The summed E-state index contributed by atoms with van der Waals surface area (Å²) in [5, 5.41) is 9.60. The van der Waals surface area contributed by atoms with Crippen molar-refractivity contribution < 1.29 is 23.9 Å². The second-order valence-electron chi connectivity index (χ2n) is 7.15. The average Bonchev–Trinajstić information content (AvgIpc) is 3.06. The quantitative estimate of drug-likeness (QED) is 0.845. The summed E-state index contributed by atoms with van der Waals surface area (Å²) < 4.78 is 22.8. The largest absolute Gasteiger partial charge is 0.493 e. The van der Waals surface area contributed by atoms with E-state index in [4.69, 9.17) is 18.9 Å². The molecule has 0 radical (unpaired) electrons. The number of hydrogen-bond acceptors (Lipinski definition) is 7. The molecule has 3 heterocycles. The van der Waals surface area contributed by atoms with Crippen molar-refractivity contribution >= 4 is 7.12 Å². The lowest BCUT2D eigenvalue weighted by molar-refractivity contribution is 0.0190. The summed E-state index contributed by atoms with van der Waals surface area (Å²) in [5.74, 6) is 2.36. The van der Waals surface area contributed by atoms with Crippen molar-refractivity contribution in [1.82, 2.24) is 9.97 Å². The van der Waals surface area contributed by atoms with Crippen LogP contribution in [0.4, 0.5) is 0 Å². The Morgan fingerprint density at radius 2 is 2.12 bits per heavy atom. The fourth-order valence-corrected chi connectivity index (χ4v) is 3.22. The maximum Gasteiger partial charge on any atom is 0.454 e. The Balaban J connectivity index is 1.75. The van der Waals surface area contributed by atoms with Crippen LogP contribution >= 0.6 is 0 Å². The van der Waals surface area contributed by atoms with E-state index in [2.05, 4.69) is 9.97 Å². The van der Waals surface area contributed by atoms with Gasteiger partial charge in [0.15, 0.2) is 17.3 Å². The van der Waals surface area contributed by atoms with Crippen molar-refractivity contribution in [3.63, 3.8) is 0 Å². The van der Waals surface area contributed by atoms with E-state index < -0.39 is 12.7 Å². The highest BCUT2D eigenvalue weighted by Gasteiger charge is 2.34. The Morgan fingerprint density at radius 1 is 1.27 bits per heavy atom. The van der Waals surface area contributed by atoms with Gasteiger partial charge in [-0.2, -0.15) is 0 Å². The molecule has 7 nitrogen and oxygen atoms in total.